The molecule has 0 aromatic heterocycles. The summed E-state index contributed by atoms with van der Waals surface area (Å²) in [7, 11) is 0. The molecule has 2 aromatic rings. The maximum Gasteiger partial charge on any atom is 0.220 e. The summed E-state index contributed by atoms with van der Waals surface area (Å²) in [6, 6.07) is 16.0. The fraction of sp³-hybridized carbons (Fsp3) is 0.286. The van der Waals surface area contributed by atoms with Gasteiger partial charge in [0.1, 0.15) is 5.75 Å². The molecule has 0 saturated heterocycles. The minimum absolute atomic E-state index is 0.0507. The maximum atomic E-state index is 10.2. The van der Waals surface area contributed by atoms with Gasteiger partial charge in [0, 0.05) is 35.9 Å². The van der Waals surface area contributed by atoms with Gasteiger partial charge < -0.3 is 9.84 Å². The van der Waals surface area contributed by atoms with Crippen LogP contribution in [0.15, 0.2) is 65.5 Å². The molecule has 2 aliphatic heterocycles. The summed E-state index contributed by atoms with van der Waals surface area (Å²) >= 11 is 6.26. The number of hydrogen-bond donors (Lipinski definition) is 1. The zero-order chi connectivity index (χ0) is 17.7. The highest BCUT2D eigenvalue weighted by Gasteiger charge is 2.50. The number of benzene rings is 2. The van der Waals surface area contributed by atoms with Gasteiger partial charge in [0.05, 0.1) is 17.5 Å². The minimum Gasteiger partial charge on any atom is -0.512 e. The van der Waals surface area contributed by atoms with Gasteiger partial charge in [0.15, 0.2) is 0 Å². The summed E-state index contributed by atoms with van der Waals surface area (Å²) in [4.78, 5) is 0. The molecule has 4 nitrogen and oxygen atoms in total. The van der Waals surface area contributed by atoms with Crippen LogP contribution in [0, 0.1) is 0 Å². The van der Waals surface area contributed by atoms with E-state index in [-0.39, 0.29) is 6.04 Å². The van der Waals surface area contributed by atoms with Crippen LogP contribution in [-0.2, 0) is 0 Å². The van der Waals surface area contributed by atoms with Crippen molar-refractivity contribution in [3.8, 4) is 5.75 Å². The number of aliphatic hydroxyl groups excluding tert-OH is 1. The molecule has 1 spiro atoms. The van der Waals surface area contributed by atoms with Crippen molar-refractivity contribution < 1.29 is 9.84 Å². The lowest BCUT2D eigenvalue weighted by atomic mass is 9.90. The summed E-state index contributed by atoms with van der Waals surface area (Å²) < 4.78 is 6.41. The largest absolute Gasteiger partial charge is 0.512 e. The second-order valence-electron chi connectivity index (χ2n) is 7.10. The third-order valence-electron chi connectivity index (χ3n) is 5.38. The van der Waals surface area contributed by atoms with Gasteiger partial charge in [-0.3, -0.25) is 0 Å². The normalized spacial score (nSPS) is 26.7. The topological polar surface area (TPSA) is 45.1 Å². The molecule has 26 heavy (non-hydrogen) atoms. The first-order chi connectivity index (χ1) is 12.6. The number of ether oxygens (including phenoxy) is 1. The maximum absolute atomic E-state index is 10.2. The van der Waals surface area contributed by atoms with E-state index in [1.54, 1.807) is 0 Å². The molecule has 3 aliphatic rings. The molecule has 0 fully saturated rings. The van der Waals surface area contributed by atoms with Gasteiger partial charge in [-0.05, 0) is 30.2 Å². The average Bonchev–Trinajstić information content (AvgIpc) is 3.10. The van der Waals surface area contributed by atoms with Crippen LogP contribution in [0.5, 0.6) is 5.75 Å². The van der Waals surface area contributed by atoms with Crippen molar-refractivity contribution in [3.63, 3.8) is 0 Å². The number of allylic oxidation sites excluding steroid dienone is 1. The molecule has 2 atom stereocenters. The molecule has 0 saturated carbocycles. The number of hydrogen-bond acceptors (Lipinski definition) is 4. The molecule has 0 amide bonds. The fourth-order valence-electron chi connectivity index (χ4n) is 4.20. The second-order valence-corrected chi connectivity index (χ2v) is 7.53. The molecule has 0 bridgehead atoms. The second kappa shape index (κ2) is 5.78. The van der Waals surface area contributed by atoms with Crippen LogP contribution in [0.3, 0.4) is 0 Å². The van der Waals surface area contributed by atoms with Crippen molar-refractivity contribution in [1.29, 1.82) is 0 Å². The fourth-order valence-corrected chi connectivity index (χ4v) is 4.39. The van der Waals surface area contributed by atoms with Crippen LogP contribution in [0.1, 0.15) is 42.9 Å². The Morgan fingerprint density at radius 1 is 1.19 bits per heavy atom. The Bertz CT molecular complexity index is 925. The summed E-state index contributed by atoms with van der Waals surface area (Å²) in [6.45, 7) is 0. The quantitative estimate of drug-likeness (QED) is 0.753. The van der Waals surface area contributed by atoms with Gasteiger partial charge >= 0.3 is 0 Å². The minimum atomic E-state index is -0.732. The first kappa shape index (κ1) is 15.8. The highest BCUT2D eigenvalue weighted by molar-refractivity contribution is 6.30. The molecule has 1 N–H and O–H groups in total. The first-order valence-corrected chi connectivity index (χ1v) is 9.34. The SMILES string of the molecule is OC1=C[C@]2(CCC1)Oc1ccc(Cl)cc1[C@H]1CC(c3ccccc3)=NN12. The van der Waals surface area contributed by atoms with Gasteiger partial charge in [-0.1, -0.05) is 41.9 Å². The molecular formula is C21H19ClN2O2. The Kier molecular flexibility index (Phi) is 3.50. The Labute approximate surface area is 157 Å². The van der Waals surface area contributed by atoms with Crippen LogP contribution in [0.2, 0.25) is 5.02 Å². The van der Waals surface area contributed by atoms with E-state index in [0.717, 1.165) is 41.9 Å². The molecule has 1 aliphatic carbocycles. The van der Waals surface area contributed by atoms with Crippen LogP contribution in [-0.4, -0.2) is 21.6 Å². The molecule has 5 heteroatoms. The van der Waals surface area contributed by atoms with E-state index >= 15 is 0 Å². The van der Waals surface area contributed by atoms with Crippen LogP contribution >= 0.6 is 11.6 Å². The zero-order valence-electron chi connectivity index (χ0n) is 14.2. The Balaban J connectivity index is 1.66. The number of fused-ring (bicyclic) bond motifs is 4. The Morgan fingerprint density at radius 2 is 2.04 bits per heavy atom. The Morgan fingerprint density at radius 3 is 2.85 bits per heavy atom. The van der Waals surface area contributed by atoms with Crippen molar-refractivity contribution >= 4 is 17.3 Å². The van der Waals surface area contributed by atoms with Gasteiger partial charge in [-0.2, -0.15) is 5.10 Å². The van der Waals surface area contributed by atoms with Crippen molar-refractivity contribution in [3.05, 3.63) is 76.5 Å². The summed E-state index contributed by atoms with van der Waals surface area (Å²) in [6.07, 6.45) is 4.97. The molecule has 0 radical (unpaired) electrons. The average molecular weight is 367 g/mol. The van der Waals surface area contributed by atoms with Crippen molar-refractivity contribution in [2.75, 3.05) is 0 Å². The van der Waals surface area contributed by atoms with Crippen LogP contribution in [0.25, 0.3) is 0 Å². The summed E-state index contributed by atoms with van der Waals surface area (Å²) in [5.74, 6) is 1.20. The number of hydrazone groups is 1. The zero-order valence-corrected chi connectivity index (χ0v) is 15.0. The van der Waals surface area contributed by atoms with E-state index in [9.17, 15) is 5.11 Å². The molecule has 5 rings (SSSR count). The molecule has 0 unspecified atom stereocenters. The lowest BCUT2D eigenvalue weighted by Crippen LogP contribution is -2.53. The number of rotatable bonds is 1. The van der Waals surface area contributed by atoms with Gasteiger partial charge in [0.2, 0.25) is 5.72 Å². The predicted octanol–water partition coefficient (Wildman–Crippen LogP) is 5.21. The summed E-state index contributed by atoms with van der Waals surface area (Å²) in [5, 5.41) is 17.9. The number of halogens is 1. The van der Waals surface area contributed by atoms with E-state index in [2.05, 4.69) is 12.1 Å². The highest BCUT2D eigenvalue weighted by Crippen LogP contribution is 2.50. The molecule has 132 valence electrons. The van der Waals surface area contributed by atoms with Gasteiger partial charge in [-0.15, -0.1) is 0 Å². The van der Waals surface area contributed by atoms with Crippen LogP contribution < -0.4 is 4.74 Å². The highest BCUT2D eigenvalue weighted by atomic mass is 35.5. The molecule has 2 heterocycles. The molecular weight excluding hydrogens is 348 g/mol. The monoisotopic (exact) mass is 366 g/mol. The van der Waals surface area contributed by atoms with Crippen molar-refractivity contribution in [2.45, 2.75) is 37.5 Å². The number of aliphatic hydroxyl groups is 1. The number of nitrogens with zero attached hydrogens (tertiary/aromatic N) is 2. The van der Waals surface area contributed by atoms with Gasteiger partial charge in [-0.25, -0.2) is 5.01 Å². The van der Waals surface area contributed by atoms with Crippen LogP contribution in [0.4, 0.5) is 0 Å². The standard InChI is InChI=1S/C21H19ClN2O2/c22-15-8-9-20-17(11-15)19-12-18(14-5-2-1-3-6-14)23-24(19)21(26-20)10-4-7-16(25)13-21/h1-3,5-6,8-9,11,13,19,25H,4,7,10,12H2/t19-,21+/m1/s1. The van der Waals surface area contributed by atoms with Crippen molar-refractivity contribution in [1.82, 2.24) is 5.01 Å². The van der Waals surface area contributed by atoms with Crippen molar-refractivity contribution in [2.24, 2.45) is 5.10 Å². The summed E-state index contributed by atoms with van der Waals surface area (Å²) in [5.41, 5.74) is 2.47. The van der Waals surface area contributed by atoms with E-state index in [4.69, 9.17) is 21.4 Å². The molecule has 2 aromatic carbocycles. The predicted molar refractivity (Wildman–Crippen MR) is 102 cm³/mol. The third-order valence-corrected chi connectivity index (χ3v) is 5.62. The lowest BCUT2D eigenvalue weighted by molar-refractivity contribution is -0.0944. The smallest absolute Gasteiger partial charge is 0.220 e. The first-order valence-electron chi connectivity index (χ1n) is 8.96. The lowest BCUT2D eigenvalue weighted by Gasteiger charge is -2.47. The van der Waals surface area contributed by atoms with E-state index < -0.39 is 5.72 Å². The van der Waals surface area contributed by atoms with Gasteiger partial charge in [0.25, 0.3) is 0 Å². The van der Waals surface area contributed by atoms with E-state index in [0.29, 0.717) is 17.2 Å². The van der Waals surface area contributed by atoms with E-state index in [1.807, 2.05) is 47.5 Å². The third kappa shape index (κ3) is 2.40. The van der Waals surface area contributed by atoms with E-state index in [1.165, 1.54) is 0 Å². The Hall–Kier alpha value is -2.46.